The minimum absolute atomic E-state index is 0.0330. The molecule has 0 bridgehead atoms. The fourth-order valence-electron chi connectivity index (χ4n) is 3.09. The monoisotopic (exact) mass is 330 g/mol. The first kappa shape index (κ1) is 18.5. The summed E-state index contributed by atoms with van der Waals surface area (Å²) in [5.74, 6) is 0.0572. The van der Waals surface area contributed by atoms with Gasteiger partial charge in [0.05, 0.1) is 0 Å². The van der Waals surface area contributed by atoms with Gasteiger partial charge in [-0.25, -0.2) is 0 Å². The molecule has 24 heavy (non-hydrogen) atoms. The van der Waals surface area contributed by atoms with Crippen LogP contribution in [0, 0.1) is 5.41 Å². The second kappa shape index (κ2) is 7.82. The average Bonchev–Trinajstić information content (AvgIpc) is 3.01. The van der Waals surface area contributed by atoms with E-state index in [1.165, 1.54) is 5.56 Å². The summed E-state index contributed by atoms with van der Waals surface area (Å²) in [5, 5.41) is 2.99. The molecule has 132 valence electrons. The lowest BCUT2D eigenvalue weighted by molar-refractivity contribution is -0.139. The molecule has 1 atom stereocenters. The second-order valence-electron chi connectivity index (χ2n) is 7.87. The van der Waals surface area contributed by atoms with Gasteiger partial charge < -0.3 is 10.2 Å². The van der Waals surface area contributed by atoms with Crippen LogP contribution in [0.5, 0.6) is 0 Å². The van der Waals surface area contributed by atoms with Gasteiger partial charge in [0.2, 0.25) is 11.8 Å². The van der Waals surface area contributed by atoms with Gasteiger partial charge in [0.25, 0.3) is 0 Å². The molecule has 2 rings (SSSR count). The average molecular weight is 330 g/mol. The van der Waals surface area contributed by atoms with Gasteiger partial charge in [0, 0.05) is 19.5 Å². The summed E-state index contributed by atoms with van der Waals surface area (Å²) in [7, 11) is 0. The third kappa shape index (κ3) is 5.08. The van der Waals surface area contributed by atoms with E-state index in [0.717, 1.165) is 24.8 Å². The van der Waals surface area contributed by atoms with Crippen molar-refractivity contribution in [2.75, 3.05) is 6.54 Å². The maximum Gasteiger partial charge on any atom is 0.243 e. The van der Waals surface area contributed by atoms with Crippen molar-refractivity contribution < 1.29 is 9.59 Å². The van der Waals surface area contributed by atoms with Crippen LogP contribution in [0.1, 0.15) is 58.1 Å². The number of hydrogen-bond donors (Lipinski definition) is 1. The molecule has 1 unspecified atom stereocenters. The molecule has 1 aliphatic heterocycles. The lowest BCUT2D eigenvalue weighted by Crippen LogP contribution is -2.46. The van der Waals surface area contributed by atoms with Gasteiger partial charge in [-0.2, -0.15) is 0 Å². The molecule has 4 nitrogen and oxygen atoms in total. The van der Waals surface area contributed by atoms with Crippen molar-refractivity contribution in [2.45, 2.75) is 66.0 Å². The Bertz CT molecular complexity index is 572. The van der Waals surface area contributed by atoms with Gasteiger partial charge in [-0.15, -0.1) is 0 Å². The number of likely N-dealkylation sites (tertiary alicyclic amines) is 1. The molecular weight excluding hydrogens is 300 g/mol. The number of amides is 2. The van der Waals surface area contributed by atoms with E-state index in [-0.39, 0.29) is 23.3 Å². The van der Waals surface area contributed by atoms with Crippen LogP contribution < -0.4 is 5.32 Å². The zero-order valence-electron chi connectivity index (χ0n) is 15.4. The summed E-state index contributed by atoms with van der Waals surface area (Å²) < 4.78 is 0. The third-order valence-corrected chi connectivity index (χ3v) is 4.46. The van der Waals surface area contributed by atoms with Crippen LogP contribution in [0.2, 0.25) is 0 Å². The maximum absolute atomic E-state index is 12.5. The molecule has 2 amide bonds. The minimum atomic E-state index is -0.310. The third-order valence-electron chi connectivity index (χ3n) is 4.46. The predicted molar refractivity (Wildman–Crippen MR) is 96.5 cm³/mol. The van der Waals surface area contributed by atoms with Crippen molar-refractivity contribution in [1.82, 2.24) is 10.2 Å². The molecule has 1 aromatic rings. The van der Waals surface area contributed by atoms with Crippen molar-refractivity contribution >= 4 is 11.8 Å². The van der Waals surface area contributed by atoms with Crippen molar-refractivity contribution in [2.24, 2.45) is 5.41 Å². The summed E-state index contributed by atoms with van der Waals surface area (Å²) >= 11 is 0. The summed E-state index contributed by atoms with van der Waals surface area (Å²) in [5.41, 5.74) is 2.33. The quantitative estimate of drug-likeness (QED) is 0.900. The first-order chi connectivity index (χ1) is 11.3. The highest BCUT2D eigenvalue weighted by molar-refractivity contribution is 5.88. The highest BCUT2D eigenvalue weighted by atomic mass is 16.2. The van der Waals surface area contributed by atoms with E-state index in [0.29, 0.717) is 19.5 Å². The number of nitrogens with one attached hydrogen (secondary N) is 1. The molecule has 0 aromatic heterocycles. The van der Waals surface area contributed by atoms with E-state index >= 15 is 0 Å². The number of rotatable bonds is 5. The molecule has 0 saturated carbocycles. The smallest absolute Gasteiger partial charge is 0.243 e. The molecule has 1 saturated heterocycles. The zero-order chi connectivity index (χ0) is 17.7. The highest BCUT2D eigenvalue weighted by Crippen LogP contribution is 2.24. The fourth-order valence-corrected chi connectivity index (χ4v) is 3.09. The van der Waals surface area contributed by atoms with Crippen molar-refractivity contribution in [3.8, 4) is 0 Å². The van der Waals surface area contributed by atoms with Crippen LogP contribution >= 0.6 is 0 Å². The largest absolute Gasteiger partial charge is 0.350 e. The van der Waals surface area contributed by atoms with E-state index in [1.807, 2.05) is 0 Å². The van der Waals surface area contributed by atoms with Gasteiger partial charge in [0.1, 0.15) is 6.04 Å². The van der Waals surface area contributed by atoms with Crippen LogP contribution in [0.4, 0.5) is 0 Å². The van der Waals surface area contributed by atoms with Crippen molar-refractivity contribution in [3.05, 3.63) is 35.4 Å². The Labute approximate surface area is 145 Å². The number of benzene rings is 1. The van der Waals surface area contributed by atoms with Crippen molar-refractivity contribution in [3.63, 3.8) is 0 Å². The predicted octanol–water partition coefficient (Wildman–Crippen LogP) is 3.29. The first-order valence-corrected chi connectivity index (χ1v) is 8.95. The SMILES string of the molecule is CCc1ccc(CNC(=O)C2CCCN2C(=O)CC(C)(C)C)cc1. The van der Waals surface area contributed by atoms with E-state index in [9.17, 15) is 9.59 Å². The normalized spacial score (nSPS) is 17.8. The lowest BCUT2D eigenvalue weighted by Gasteiger charge is -2.27. The molecule has 0 aliphatic carbocycles. The number of nitrogens with zero attached hydrogens (tertiary/aromatic N) is 1. The summed E-state index contributed by atoms with van der Waals surface area (Å²) in [6, 6.07) is 7.98. The molecule has 1 fully saturated rings. The molecule has 0 radical (unpaired) electrons. The summed E-state index contributed by atoms with van der Waals surface area (Å²) in [6.45, 7) is 9.49. The van der Waals surface area contributed by atoms with Crippen LogP contribution in [0.3, 0.4) is 0 Å². The van der Waals surface area contributed by atoms with E-state index in [4.69, 9.17) is 0 Å². The van der Waals surface area contributed by atoms with Gasteiger partial charge in [0.15, 0.2) is 0 Å². The van der Waals surface area contributed by atoms with E-state index in [1.54, 1.807) is 4.90 Å². The van der Waals surface area contributed by atoms with Gasteiger partial charge in [-0.3, -0.25) is 9.59 Å². The Hall–Kier alpha value is -1.84. The van der Waals surface area contributed by atoms with Crippen LogP contribution in [0.15, 0.2) is 24.3 Å². The summed E-state index contributed by atoms with van der Waals surface area (Å²) in [4.78, 5) is 26.7. The molecule has 1 aromatic carbocycles. The highest BCUT2D eigenvalue weighted by Gasteiger charge is 2.35. The standard InChI is InChI=1S/C20H30N2O2/c1-5-15-8-10-16(11-9-15)14-21-19(24)17-7-6-12-22(17)18(23)13-20(2,3)4/h8-11,17H,5-7,12-14H2,1-4H3,(H,21,24). The molecule has 4 heteroatoms. The zero-order valence-corrected chi connectivity index (χ0v) is 15.4. The Balaban J connectivity index is 1.91. The lowest BCUT2D eigenvalue weighted by atomic mass is 9.91. The Morgan fingerprint density at radius 1 is 1.17 bits per heavy atom. The topological polar surface area (TPSA) is 49.4 Å². The number of aryl methyl sites for hydroxylation is 1. The second-order valence-corrected chi connectivity index (χ2v) is 7.87. The van der Waals surface area contributed by atoms with Crippen molar-refractivity contribution in [1.29, 1.82) is 0 Å². The molecule has 0 spiro atoms. The van der Waals surface area contributed by atoms with E-state index in [2.05, 4.69) is 57.3 Å². The fraction of sp³-hybridized carbons (Fsp3) is 0.600. The number of carbonyl (C=O) groups excluding carboxylic acids is 2. The first-order valence-electron chi connectivity index (χ1n) is 8.95. The minimum Gasteiger partial charge on any atom is -0.350 e. The molecular formula is C20H30N2O2. The van der Waals surface area contributed by atoms with Crippen LogP contribution in [-0.4, -0.2) is 29.3 Å². The van der Waals surface area contributed by atoms with Crippen LogP contribution in [-0.2, 0) is 22.6 Å². The van der Waals surface area contributed by atoms with Gasteiger partial charge in [-0.1, -0.05) is 52.0 Å². The van der Waals surface area contributed by atoms with Crippen LogP contribution in [0.25, 0.3) is 0 Å². The molecule has 1 N–H and O–H groups in total. The molecule has 1 aliphatic rings. The Morgan fingerprint density at radius 2 is 1.79 bits per heavy atom. The van der Waals surface area contributed by atoms with Gasteiger partial charge >= 0.3 is 0 Å². The summed E-state index contributed by atoms with van der Waals surface area (Å²) in [6.07, 6.45) is 3.16. The maximum atomic E-state index is 12.5. The molecule has 1 heterocycles. The number of carbonyl (C=O) groups is 2. The Kier molecular flexibility index (Phi) is 6.03. The van der Waals surface area contributed by atoms with Gasteiger partial charge in [-0.05, 0) is 35.8 Å². The Morgan fingerprint density at radius 3 is 2.38 bits per heavy atom. The number of hydrogen-bond acceptors (Lipinski definition) is 2. The van der Waals surface area contributed by atoms with E-state index < -0.39 is 0 Å².